The number of anilines is 1. The number of hydrogen-bond acceptors (Lipinski definition) is 3. The predicted octanol–water partition coefficient (Wildman–Crippen LogP) is 2.13. The van der Waals surface area contributed by atoms with Crippen molar-refractivity contribution in [2.24, 2.45) is 0 Å². The van der Waals surface area contributed by atoms with Crippen molar-refractivity contribution in [3.8, 4) is 0 Å². The molecule has 0 atom stereocenters. The van der Waals surface area contributed by atoms with Gasteiger partial charge in [0.1, 0.15) is 12.1 Å². The van der Waals surface area contributed by atoms with E-state index in [1.807, 2.05) is 0 Å². The minimum atomic E-state index is 0.561. The maximum absolute atomic E-state index is 5.68. The van der Waals surface area contributed by atoms with Crippen LogP contribution >= 0.6 is 11.6 Å². The molecule has 0 spiro atoms. The summed E-state index contributed by atoms with van der Waals surface area (Å²) in [5.41, 5.74) is 2.41. The highest BCUT2D eigenvalue weighted by molar-refractivity contribution is 6.29. The molecule has 0 aromatic carbocycles. The van der Waals surface area contributed by atoms with Gasteiger partial charge in [-0.15, -0.1) is 0 Å². The number of aromatic nitrogens is 2. The molecule has 74 valence electrons. The quantitative estimate of drug-likeness (QED) is 0.829. The molecule has 1 aromatic heterocycles. The van der Waals surface area contributed by atoms with Crippen LogP contribution in [0.25, 0.3) is 0 Å². The fourth-order valence-corrected chi connectivity index (χ4v) is 1.76. The molecule has 0 aliphatic heterocycles. The van der Waals surface area contributed by atoms with E-state index < -0.39 is 0 Å². The Kier molecular flexibility index (Phi) is 2.68. The van der Waals surface area contributed by atoms with Crippen molar-refractivity contribution in [3.05, 3.63) is 29.2 Å². The lowest BCUT2D eigenvalue weighted by atomic mass is 10.2. The lowest BCUT2D eigenvalue weighted by Crippen LogP contribution is -2.06. The van der Waals surface area contributed by atoms with Gasteiger partial charge in [-0.1, -0.05) is 18.2 Å². The summed E-state index contributed by atoms with van der Waals surface area (Å²) in [6, 6.07) is 0. The summed E-state index contributed by atoms with van der Waals surface area (Å²) in [5, 5.41) is 3.75. The van der Waals surface area contributed by atoms with Gasteiger partial charge in [-0.05, 0) is 19.3 Å². The summed E-state index contributed by atoms with van der Waals surface area (Å²) in [5.74, 6) is 0.911. The van der Waals surface area contributed by atoms with Gasteiger partial charge in [0.05, 0.1) is 6.54 Å². The second-order valence-electron chi connectivity index (χ2n) is 3.37. The van der Waals surface area contributed by atoms with Gasteiger partial charge >= 0.3 is 0 Å². The normalized spacial score (nSPS) is 13.8. The number of rotatable bonds is 3. The first kappa shape index (κ1) is 9.46. The summed E-state index contributed by atoms with van der Waals surface area (Å²) in [4.78, 5) is 8.44. The van der Waals surface area contributed by atoms with Gasteiger partial charge < -0.3 is 5.32 Å². The molecule has 2 rings (SSSR count). The summed E-state index contributed by atoms with van der Waals surface area (Å²) >= 11 is 5.68. The van der Waals surface area contributed by atoms with Gasteiger partial charge in [0.2, 0.25) is 0 Å². The molecule has 1 aliphatic carbocycles. The van der Waals surface area contributed by atoms with Crippen LogP contribution in [0.4, 0.5) is 5.82 Å². The van der Waals surface area contributed by atoms with Crippen molar-refractivity contribution < 1.29 is 0 Å². The smallest absolute Gasteiger partial charge is 0.133 e. The Morgan fingerprint density at radius 1 is 1.50 bits per heavy atom. The van der Waals surface area contributed by atoms with Gasteiger partial charge in [-0.3, -0.25) is 0 Å². The molecular formula is C10H12ClN3. The molecule has 4 heteroatoms. The Labute approximate surface area is 88.2 Å². The van der Waals surface area contributed by atoms with Crippen LogP contribution in [0.2, 0.25) is 0 Å². The van der Waals surface area contributed by atoms with Crippen LogP contribution in [0, 0.1) is 0 Å². The van der Waals surface area contributed by atoms with E-state index in [0.717, 1.165) is 18.7 Å². The maximum atomic E-state index is 5.68. The fraction of sp³-hybridized carbons (Fsp3) is 0.400. The molecule has 0 amide bonds. The Morgan fingerprint density at radius 3 is 3.14 bits per heavy atom. The average molecular weight is 210 g/mol. The van der Waals surface area contributed by atoms with E-state index in [1.165, 1.54) is 17.7 Å². The van der Waals surface area contributed by atoms with Crippen LogP contribution in [-0.4, -0.2) is 16.5 Å². The van der Waals surface area contributed by atoms with Crippen LogP contribution in [0.3, 0.4) is 0 Å². The lowest BCUT2D eigenvalue weighted by molar-refractivity contribution is 0.899. The van der Waals surface area contributed by atoms with Gasteiger partial charge in [-0.25, -0.2) is 9.97 Å². The van der Waals surface area contributed by atoms with Crippen LogP contribution < -0.4 is 5.32 Å². The van der Waals surface area contributed by atoms with Crippen molar-refractivity contribution in [1.82, 2.24) is 9.97 Å². The zero-order valence-electron chi connectivity index (χ0n) is 7.89. The van der Waals surface area contributed by atoms with Crippen LogP contribution in [-0.2, 0) is 12.8 Å². The first-order chi connectivity index (χ1) is 6.77. The molecule has 1 aliphatic rings. The molecule has 0 bridgehead atoms. The molecule has 3 nitrogen and oxygen atoms in total. The molecular weight excluding hydrogens is 198 g/mol. The minimum absolute atomic E-state index is 0.561. The second kappa shape index (κ2) is 3.96. The number of nitrogens with one attached hydrogen (secondary N) is 1. The molecule has 1 aromatic rings. The van der Waals surface area contributed by atoms with E-state index in [1.54, 1.807) is 6.33 Å². The van der Waals surface area contributed by atoms with Crippen molar-refractivity contribution >= 4 is 17.4 Å². The second-order valence-corrected chi connectivity index (χ2v) is 3.91. The van der Waals surface area contributed by atoms with Crippen molar-refractivity contribution in [3.63, 3.8) is 0 Å². The maximum Gasteiger partial charge on any atom is 0.133 e. The highest BCUT2D eigenvalue weighted by atomic mass is 35.5. The molecule has 0 fully saturated rings. The zero-order chi connectivity index (χ0) is 9.97. The van der Waals surface area contributed by atoms with E-state index in [9.17, 15) is 0 Å². The SMILES string of the molecule is C=C(Cl)CNc1ncnc2c1CCC2. The van der Waals surface area contributed by atoms with Crippen LogP contribution in [0.15, 0.2) is 17.9 Å². The van der Waals surface area contributed by atoms with E-state index in [0.29, 0.717) is 11.6 Å². The van der Waals surface area contributed by atoms with E-state index in [-0.39, 0.29) is 0 Å². The van der Waals surface area contributed by atoms with Gasteiger partial charge in [0.15, 0.2) is 0 Å². The van der Waals surface area contributed by atoms with E-state index in [2.05, 4.69) is 21.9 Å². The summed E-state index contributed by atoms with van der Waals surface area (Å²) in [6.45, 7) is 4.18. The Hall–Kier alpha value is -1.09. The standard InChI is InChI=1S/C10H12ClN3/c1-7(11)5-12-10-8-3-2-4-9(8)13-6-14-10/h6H,1-5H2,(H,12,13,14). The number of fused-ring (bicyclic) bond motifs is 1. The summed E-state index contributed by atoms with van der Waals surface area (Å²) in [7, 11) is 0. The summed E-state index contributed by atoms with van der Waals surface area (Å²) in [6.07, 6.45) is 4.90. The molecule has 0 saturated heterocycles. The van der Waals surface area contributed by atoms with Gasteiger partial charge in [0, 0.05) is 16.3 Å². The van der Waals surface area contributed by atoms with Crippen molar-refractivity contribution in [1.29, 1.82) is 0 Å². The van der Waals surface area contributed by atoms with E-state index >= 15 is 0 Å². The third-order valence-corrected chi connectivity index (χ3v) is 2.46. The molecule has 0 unspecified atom stereocenters. The Morgan fingerprint density at radius 2 is 2.36 bits per heavy atom. The fourth-order valence-electron chi connectivity index (χ4n) is 1.69. The van der Waals surface area contributed by atoms with Crippen LogP contribution in [0.5, 0.6) is 0 Å². The highest BCUT2D eigenvalue weighted by Gasteiger charge is 2.16. The molecule has 1 N–H and O–H groups in total. The predicted molar refractivity (Wildman–Crippen MR) is 57.5 cm³/mol. The number of nitrogens with zero attached hydrogens (tertiary/aromatic N) is 2. The van der Waals surface area contributed by atoms with Crippen LogP contribution in [0.1, 0.15) is 17.7 Å². The molecule has 0 saturated carbocycles. The summed E-state index contributed by atoms with van der Waals surface area (Å²) < 4.78 is 0. The monoisotopic (exact) mass is 209 g/mol. The van der Waals surface area contributed by atoms with Gasteiger partial charge in [0.25, 0.3) is 0 Å². The van der Waals surface area contributed by atoms with Crippen molar-refractivity contribution in [2.75, 3.05) is 11.9 Å². The Bertz CT molecular complexity index is 362. The Balaban J connectivity index is 2.17. The molecule has 0 radical (unpaired) electrons. The molecule has 1 heterocycles. The first-order valence-corrected chi connectivity index (χ1v) is 5.05. The number of halogens is 1. The third kappa shape index (κ3) is 1.87. The topological polar surface area (TPSA) is 37.8 Å². The molecule has 14 heavy (non-hydrogen) atoms. The zero-order valence-corrected chi connectivity index (χ0v) is 8.64. The third-order valence-electron chi connectivity index (χ3n) is 2.32. The lowest BCUT2D eigenvalue weighted by Gasteiger charge is -2.08. The average Bonchev–Trinajstić information content (AvgIpc) is 2.62. The first-order valence-electron chi connectivity index (χ1n) is 4.67. The highest BCUT2D eigenvalue weighted by Crippen LogP contribution is 2.25. The number of aryl methyl sites for hydroxylation is 1. The minimum Gasteiger partial charge on any atom is -0.365 e. The van der Waals surface area contributed by atoms with E-state index in [4.69, 9.17) is 11.6 Å². The largest absolute Gasteiger partial charge is 0.365 e. The number of hydrogen-bond donors (Lipinski definition) is 1. The van der Waals surface area contributed by atoms with Crippen molar-refractivity contribution in [2.45, 2.75) is 19.3 Å². The van der Waals surface area contributed by atoms with Gasteiger partial charge in [-0.2, -0.15) is 0 Å².